The summed E-state index contributed by atoms with van der Waals surface area (Å²) in [7, 11) is 0. The van der Waals surface area contributed by atoms with Crippen LogP contribution in [0.25, 0.3) is 0 Å². The Kier molecular flexibility index (Phi) is 4.31. The molecule has 0 bridgehead atoms. The average molecular weight is 352 g/mol. The highest BCUT2D eigenvalue weighted by atomic mass is 127. The summed E-state index contributed by atoms with van der Waals surface area (Å²) in [6.45, 7) is 6.82. The van der Waals surface area contributed by atoms with Crippen molar-refractivity contribution in [2.75, 3.05) is 0 Å². The molecule has 0 fully saturated rings. The number of hydrogen-bond acceptors (Lipinski definition) is 0. The molecule has 0 unspecified atom stereocenters. The van der Waals surface area contributed by atoms with Gasteiger partial charge in [-0.05, 0) is 30.4 Å². The second-order valence-electron chi connectivity index (χ2n) is 5.62. The molecule has 0 saturated heterocycles. The van der Waals surface area contributed by atoms with E-state index in [2.05, 4.69) is 91.9 Å². The minimum atomic E-state index is 0.0984. The predicted molar refractivity (Wildman–Crippen MR) is 88.4 cm³/mol. The van der Waals surface area contributed by atoms with E-state index in [0.717, 1.165) is 0 Å². The maximum atomic E-state index is 2.46. The largest absolute Gasteiger partial charge is 0.0735 e. The van der Waals surface area contributed by atoms with Crippen LogP contribution in [0.5, 0.6) is 0 Å². The Morgan fingerprint density at radius 3 is 2.33 bits per heavy atom. The third kappa shape index (κ3) is 2.87. The number of rotatable bonds is 3. The average Bonchev–Trinajstić information content (AvgIpc) is 2.32. The van der Waals surface area contributed by atoms with Crippen LogP contribution in [-0.2, 0) is 5.41 Å². The highest BCUT2D eigenvalue weighted by Crippen LogP contribution is 2.39. The van der Waals surface area contributed by atoms with Crippen LogP contribution in [0.2, 0.25) is 0 Å². The lowest BCUT2D eigenvalue weighted by Gasteiger charge is -2.34. The summed E-state index contributed by atoms with van der Waals surface area (Å²) >= 11 is 2.46. The van der Waals surface area contributed by atoms with Crippen LogP contribution in [0.1, 0.15) is 31.4 Å². The first kappa shape index (κ1) is 13.9. The Bertz CT molecular complexity index is 454. The van der Waals surface area contributed by atoms with E-state index in [1.165, 1.54) is 17.5 Å². The predicted octanol–water partition coefficient (Wildman–Crippen LogP) is 5.21. The second-order valence-corrected chi connectivity index (χ2v) is 7.05. The van der Waals surface area contributed by atoms with Gasteiger partial charge in [-0.1, -0.05) is 85.0 Å². The van der Waals surface area contributed by atoms with Crippen molar-refractivity contribution in [1.29, 1.82) is 0 Å². The second kappa shape index (κ2) is 5.60. The minimum absolute atomic E-state index is 0.0984. The highest BCUT2D eigenvalue weighted by molar-refractivity contribution is 14.1. The van der Waals surface area contributed by atoms with Crippen LogP contribution < -0.4 is 0 Å². The van der Waals surface area contributed by atoms with Gasteiger partial charge in [0, 0.05) is 9.34 Å². The number of aryl methyl sites for hydroxylation is 1. The van der Waals surface area contributed by atoms with Crippen LogP contribution in [-0.4, -0.2) is 3.92 Å². The summed E-state index contributed by atoms with van der Waals surface area (Å²) < 4.78 is 0.534. The van der Waals surface area contributed by atoms with Crippen molar-refractivity contribution < 1.29 is 0 Å². The summed E-state index contributed by atoms with van der Waals surface area (Å²) in [5.41, 5.74) is 2.94. The van der Waals surface area contributed by atoms with E-state index in [4.69, 9.17) is 0 Å². The molecule has 1 aliphatic rings. The summed E-state index contributed by atoms with van der Waals surface area (Å²) in [5.74, 6) is 0.685. The Morgan fingerprint density at radius 2 is 1.78 bits per heavy atom. The van der Waals surface area contributed by atoms with Gasteiger partial charge in [0.15, 0.2) is 0 Å². The van der Waals surface area contributed by atoms with Crippen LogP contribution in [0.3, 0.4) is 0 Å². The SMILES string of the molecule is Cc1ccccc1C1(CC(C)C)C=CC(I)C=C1. The Morgan fingerprint density at radius 1 is 1.17 bits per heavy atom. The lowest BCUT2D eigenvalue weighted by Crippen LogP contribution is -2.26. The normalized spacial score (nSPS) is 26.8. The number of alkyl halides is 1. The molecule has 0 aromatic heterocycles. The molecule has 1 heteroatoms. The molecule has 1 aliphatic carbocycles. The van der Waals surface area contributed by atoms with Gasteiger partial charge in [-0.15, -0.1) is 0 Å². The van der Waals surface area contributed by atoms with Crippen LogP contribution in [0, 0.1) is 12.8 Å². The molecular formula is C17H21I. The van der Waals surface area contributed by atoms with Crippen molar-refractivity contribution in [3.8, 4) is 0 Å². The lowest BCUT2D eigenvalue weighted by atomic mass is 9.71. The first-order valence-corrected chi connectivity index (χ1v) is 7.87. The monoisotopic (exact) mass is 352 g/mol. The zero-order valence-corrected chi connectivity index (χ0v) is 13.5. The quantitative estimate of drug-likeness (QED) is 0.398. The molecule has 0 atom stereocenters. The van der Waals surface area contributed by atoms with Gasteiger partial charge in [-0.25, -0.2) is 0 Å². The van der Waals surface area contributed by atoms with E-state index in [9.17, 15) is 0 Å². The molecule has 0 radical (unpaired) electrons. The molecule has 2 rings (SSSR count). The molecule has 18 heavy (non-hydrogen) atoms. The van der Waals surface area contributed by atoms with Gasteiger partial charge >= 0.3 is 0 Å². The molecular weight excluding hydrogens is 331 g/mol. The number of benzene rings is 1. The first-order chi connectivity index (χ1) is 8.53. The molecule has 0 amide bonds. The van der Waals surface area contributed by atoms with Gasteiger partial charge in [-0.3, -0.25) is 0 Å². The van der Waals surface area contributed by atoms with Crippen molar-refractivity contribution in [1.82, 2.24) is 0 Å². The fraction of sp³-hybridized carbons (Fsp3) is 0.412. The molecule has 0 nitrogen and oxygen atoms in total. The molecule has 0 aliphatic heterocycles. The fourth-order valence-electron chi connectivity index (χ4n) is 2.84. The zero-order valence-electron chi connectivity index (χ0n) is 11.4. The van der Waals surface area contributed by atoms with Gasteiger partial charge in [0.05, 0.1) is 0 Å². The van der Waals surface area contributed by atoms with Gasteiger partial charge in [0.25, 0.3) is 0 Å². The Hall–Kier alpha value is -0.570. The third-order valence-corrected chi connectivity index (χ3v) is 4.38. The molecule has 0 heterocycles. The maximum absolute atomic E-state index is 2.46. The highest BCUT2D eigenvalue weighted by Gasteiger charge is 2.30. The molecule has 96 valence electrons. The topological polar surface area (TPSA) is 0 Å². The lowest BCUT2D eigenvalue weighted by molar-refractivity contribution is 0.472. The van der Waals surface area contributed by atoms with Crippen molar-refractivity contribution in [2.45, 2.75) is 36.5 Å². The van der Waals surface area contributed by atoms with Crippen LogP contribution in [0.4, 0.5) is 0 Å². The zero-order chi connectivity index (χ0) is 13.2. The van der Waals surface area contributed by atoms with E-state index in [1.54, 1.807) is 0 Å². The van der Waals surface area contributed by atoms with E-state index in [1.807, 2.05) is 0 Å². The van der Waals surface area contributed by atoms with E-state index in [-0.39, 0.29) is 5.41 Å². The van der Waals surface area contributed by atoms with Gasteiger partial charge in [0.2, 0.25) is 0 Å². The van der Waals surface area contributed by atoms with Crippen molar-refractivity contribution in [3.05, 3.63) is 59.7 Å². The van der Waals surface area contributed by atoms with Crippen molar-refractivity contribution in [3.63, 3.8) is 0 Å². The van der Waals surface area contributed by atoms with Crippen LogP contribution >= 0.6 is 22.6 Å². The number of halogens is 1. The van der Waals surface area contributed by atoms with Crippen molar-refractivity contribution >= 4 is 22.6 Å². The molecule has 1 aromatic carbocycles. The van der Waals surface area contributed by atoms with E-state index >= 15 is 0 Å². The van der Waals surface area contributed by atoms with E-state index < -0.39 is 0 Å². The molecule has 0 saturated carbocycles. The molecule has 0 N–H and O–H groups in total. The summed E-state index contributed by atoms with van der Waals surface area (Å²) in [6, 6.07) is 8.77. The Labute approximate surface area is 124 Å². The maximum Gasteiger partial charge on any atom is 0.0470 e. The molecule has 0 spiro atoms. The first-order valence-electron chi connectivity index (χ1n) is 6.62. The minimum Gasteiger partial charge on any atom is -0.0735 e. The number of hydrogen-bond donors (Lipinski definition) is 0. The van der Waals surface area contributed by atoms with E-state index in [0.29, 0.717) is 9.84 Å². The summed E-state index contributed by atoms with van der Waals surface area (Å²) in [5, 5.41) is 0. The van der Waals surface area contributed by atoms with Gasteiger partial charge in [-0.2, -0.15) is 0 Å². The standard InChI is InChI=1S/C17H21I/c1-13(2)12-17(10-8-15(18)9-11-17)16-7-5-4-6-14(16)3/h4-11,13,15H,12H2,1-3H3. The van der Waals surface area contributed by atoms with Crippen LogP contribution in [0.15, 0.2) is 48.6 Å². The smallest absolute Gasteiger partial charge is 0.0470 e. The third-order valence-electron chi connectivity index (χ3n) is 3.55. The molecule has 1 aromatic rings. The summed E-state index contributed by atoms with van der Waals surface area (Å²) in [4.78, 5) is 0. The van der Waals surface area contributed by atoms with Crippen molar-refractivity contribution in [2.24, 2.45) is 5.92 Å². The Balaban J connectivity index is 2.47. The van der Waals surface area contributed by atoms with Gasteiger partial charge in [0.1, 0.15) is 0 Å². The fourth-order valence-corrected chi connectivity index (χ4v) is 3.26. The summed E-state index contributed by atoms with van der Waals surface area (Å²) in [6.07, 6.45) is 10.7. The number of allylic oxidation sites excluding steroid dienone is 4. The van der Waals surface area contributed by atoms with Gasteiger partial charge < -0.3 is 0 Å².